The van der Waals surface area contributed by atoms with Gasteiger partial charge in [0, 0.05) is 15.7 Å². The van der Waals surface area contributed by atoms with E-state index < -0.39 is 17.7 Å². The molecule has 0 radical (unpaired) electrons. The fourth-order valence-electron chi connectivity index (χ4n) is 2.55. The van der Waals surface area contributed by atoms with Gasteiger partial charge in [-0.05, 0) is 66.2 Å². The van der Waals surface area contributed by atoms with Crippen LogP contribution in [0.5, 0.6) is 5.75 Å². The second-order valence-electron chi connectivity index (χ2n) is 6.69. The van der Waals surface area contributed by atoms with Gasteiger partial charge in [-0.3, -0.25) is 14.4 Å². The van der Waals surface area contributed by atoms with Crippen LogP contribution >= 0.6 is 34.8 Å². The van der Waals surface area contributed by atoms with Crippen molar-refractivity contribution in [1.29, 1.82) is 0 Å². The van der Waals surface area contributed by atoms with Crippen LogP contribution in [0.25, 0.3) is 0 Å². The third kappa shape index (κ3) is 7.77. The largest absolute Gasteiger partial charge is 0.484 e. The van der Waals surface area contributed by atoms with Crippen molar-refractivity contribution in [3.8, 4) is 5.75 Å². The molecular weight excluding hydrogens is 503 g/mol. The standard InChI is InChI=1S/C23H17Cl3N4O4/c24-15-2-1-3-17(10-15)28-22(32)23(33)30-27-12-14-4-7-18(8-5-14)34-13-21(31)29-20-9-6-16(25)11-19(20)26/h1-12H,13H2,(H,28,32)(H,29,31)(H,30,33)/b27-12-. The number of ether oxygens (including phenoxy) is 1. The molecule has 3 amide bonds. The Balaban J connectivity index is 1.44. The molecule has 0 saturated heterocycles. The van der Waals surface area contributed by atoms with Crippen LogP contribution in [-0.4, -0.2) is 30.5 Å². The molecule has 0 spiro atoms. The van der Waals surface area contributed by atoms with Crippen LogP contribution in [0.1, 0.15) is 5.56 Å². The van der Waals surface area contributed by atoms with Crippen LogP contribution in [0.4, 0.5) is 11.4 Å². The summed E-state index contributed by atoms with van der Waals surface area (Å²) in [6.45, 7) is -0.232. The fourth-order valence-corrected chi connectivity index (χ4v) is 3.19. The lowest BCUT2D eigenvalue weighted by Crippen LogP contribution is -2.32. The van der Waals surface area contributed by atoms with Crippen LogP contribution in [0.15, 0.2) is 71.8 Å². The highest BCUT2D eigenvalue weighted by Gasteiger charge is 2.13. The first-order valence-electron chi connectivity index (χ1n) is 9.68. The molecule has 0 aliphatic carbocycles. The molecule has 174 valence electrons. The normalized spacial score (nSPS) is 10.6. The Morgan fingerprint density at radius 2 is 1.59 bits per heavy atom. The number of nitrogens with one attached hydrogen (secondary N) is 3. The van der Waals surface area contributed by atoms with Crippen molar-refractivity contribution in [3.05, 3.63) is 87.4 Å². The first-order valence-corrected chi connectivity index (χ1v) is 10.8. The van der Waals surface area contributed by atoms with Crippen LogP contribution < -0.4 is 20.8 Å². The lowest BCUT2D eigenvalue weighted by Gasteiger charge is -2.09. The molecule has 0 fully saturated rings. The summed E-state index contributed by atoms with van der Waals surface area (Å²) >= 11 is 17.7. The minimum Gasteiger partial charge on any atom is -0.484 e. The highest BCUT2D eigenvalue weighted by atomic mass is 35.5. The average molecular weight is 520 g/mol. The number of hydrogen-bond donors (Lipinski definition) is 3. The lowest BCUT2D eigenvalue weighted by atomic mass is 10.2. The molecule has 0 saturated carbocycles. The molecule has 3 aromatic carbocycles. The van der Waals surface area contributed by atoms with Gasteiger partial charge >= 0.3 is 11.8 Å². The topological polar surface area (TPSA) is 109 Å². The van der Waals surface area contributed by atoms with Crippen LogP contribution in [0, 0.1) is 0 Å². The number of nitrogens with zero attached hydrogens (tertiary/aromatic N) is 1. The van der Waals surface area contributed by atoms with Gasteiger partial charge < -0.3 is 15.4 Å². The SMILES string of the molecule is O=C(COc1ccc(/C=N\NC(=O)C(=O)Nc2cccc(Cl)c2)cc1)Nc1ccc(Cl)cc1Cl. The van der Waals surface area contributed by atoms with Crippen molar-refractivity contribution in [2.45, 2.75) is 0 Å². The third-order valence-corrected chi connectivity index (χ3v) is 4.91. The minimum absolute atomic E-state index is 0.232. The number of hydrazone groups is 1. The Hall–Kier alpha value is -3.59. The van der Waals surface area contributed by atoms with Crippen molar-refractivity contribution >= 4 is 70.1 Å². The molecule has 3 aromatic rings. The Bertz CT molecular complexity index is 1230. The van der Waals surface area contributed by atoms with Crippen molar-refractivity contribution < 1.29 is 19.1 Å². The second-order valence-corrected chi connectivity index (χ2v) is 7.97. The van der Waals surface area contributed by atoms with Crippen molar-refractivity contribution in [2.75, 3.05) is 17.2 Å². The molecular formula is C23H17Cl3N4O4. The van der Waals surface area contributed by atoms with Gasteiger partial charge in [0.15, 0.2) is 6.61 Å². The van der Waals surface area contributed by atoms with E-state index >= 15 is 0 Å². The average Bonchev–Trinajstić information content (AvgIpc) is 2.80. The zero-order chi connectivity index (χ0) is 24.5. The Morgan fingerprint density at radius 1 is 0.853 bits per heavy atom. The van der Waals surface area contributed by atoms with E-state index in [2.05, 4.69) is 21.2 Å². The summed E-state index contributed by atoms with van der Waals surface area (Å²) in [7, 11) is 0. The first-order chi connectivity index (χ1) is 16.3. The van der Waals surface area contributed by atoms with E-state index in [-0.39, 0.29) is 6.61 Å². The number of carbonyl (C=O) groups is 3. The summed E-state index contributed by atoms with van der Waals surface area (Å²) in [5, 5.41) is 9.99. The third-order valence-electron chi connectivity index (χ3n) is 4.12. The van der Waals surface area contributed by atoms with Crippen molar-refractivity contribution in [1.82, 2.24) is 5.43 Å². The lowest BCUT2D eigenvalue weighted by molar-refractivity contribution is -0.136. The van der Waals surface area contributed by atoms with Crippen LogP contribution in [0.3, 0.4) is 0 Å². The Kier molecular flexibility index (Phi) is 8.86. The van der Waals surface area contributed by atoms with Gasteiger partial charge in [-0.2, -0.15) is 5.10 Å². The van der Waals surface area contributed by atoms with E-state index in [1.54, 1.807) is 54.6 Å². The van der Waals surface area contributed by atoms with E-state index in [1.807, 2.05) is 0 Å². The molecule has 11 heteroatoms. The molecule has 34 heavy (non-hydrogen) atoms. The number of rotatable bonds is 7. The predicted molar refractivity (Wildman–Crippen MR) is 133 cm³/mol. The number of amides is 3. The molecule has 0 aliphatic heterocycles. The molecule has 3 rings (SSSR count). The van der Waals surface area contributed by atoms with Crippen molar-refractivity contribution in [2.24, 2.45) is 5.10 Å². The maximum atomic E-state index is 12.1. The minimum atomic E-state index is -0.942. The van der Waals surface area contributed by atoms with E-state index in [0.717, 1.165) is 0 Å². The summed E-state index contributed by atoms with van der Waals surface area (Å²) in [4.78, 5) is 35.8. The van der Waals surface area contributed by atoms with Gasteiger partial charge in [-0.25, -0.2) is 5.43 Å². The van der Waals surface area contributed by atoms with Crippen LogP contribution in [-0.2, 0) is 14.4 Å². The highest BCUT2D eigenvalue weighted by molar-refractivity contribution is 6.40. The summed E-state index contributed by atoms with van der Waals surface area (Å²) in [6.07, 6.45) is 1.35. The van der Waals surface area contributed by atoms with Gasteiger partial charge in [0.25, 0.3) is 5.91 Å². The van der Waals surface area contributed by atoms with E-state index in [9.17, 15) is 14.4 Å². The zero-order valence-corrected chi connectivity index (χ0v) is 19.6. The number of benzene rings is 3. The van der Waals surface area contributed by atoms with Crippen LogP contribution in [0.2, 0.25) is 15.1 Å². The Morgan fingerprint density at radius 3 is 2.29 bits per heavy atom. The summed E-state index contributed by atoms with van der Waals surface area (Å²) in [5.41, 5.74) is 3.57. The van der Waals surface area contributed by atoms with E-state index in [1.165, 1.54) is 18.3 Å². The zero-order valence-electron chi connectivity index (χ0n) is 17.3. The number of anilines is 2. The molecule has 0 bridgehead atoms. The fraction of sp³-hybridized carbons (Fsp3) is 0.0435. The molecule has 0 unspecified atom stereocenters. The van der Waals surface area contributed by atoms with Crippen molar-refractivity contribution in [3.63, 3.8) is 0 Å². The van der Waals surface area contributed by atoms with Gasteiger partial charge in [-0.15, -0.1) is 0 Å². The van der Waals surface area contributed by atoms with Gasteiger partial charge in [0.2, 0.25) is 0 Å². The molecule has 0 aromatic heterocycles. The van der Waals surface area contributed by atoms with Gasteiger partial charge in [0.1, 0.15) is 5.75 Å². The molecule has 0 aliphatic rings. The monoisotopic (exact) mass is 518 g/mol. The molecule has 3 N–H and O–H groups in total. The van der Waals surface area contributed by atoms with Gasteiger partial charge in [0.05, 0.1) is 16.9 Å². The maximum absolute atomic E-state index is 12.1. The summed E-state index contributed by atoms with van der Waals surface area (Å²) in [5.74, 6) is -1.78. The van der Waals surface area contributed by atoms with E-state index in [0.29, 0.717) is 37.8 Å². The quantitative estimate of drug-likeness (QED) is 0.238. The van der Waals surface area contributed by atoms with Gasteiger partial charge in [-0.1, -0.05) is 40.9 Å². The predicted octanol–water partition coefficient (Wildman–Crippen LogP) is 4.75. The number of carbonyl (C=O) groups excluding carboxylic acids is 3. The molecule has 0 heterocycles. The molecule has 8 nitrogen and oxygen atoms in total. The summed E-state index contributed by atoms with van der Waals surface area (Å²) < 4.78 is 5.44. The number of hydrogen-bond acceptors (Lipinski definition) is 5. The van der Waals surface area contributed by atoms with E-state index in [4.69, 9.17) is 39.5 Å². The summed E-state index contributed by atoms with van der Waals surface area (Å²) in [6, 6.07) is 17.7. The molecule has 0 atom stereocenters. The smallest absolute Gasteiger partial charge is 0.329 e. The maximum Gasteiger partial charge on any atom is 0.329 e. The Labute approximate surface area is 209 Å². The first kappa shape index (κ1) is 25.0. The number of halogens is 3. The second kappa shape index (κ2) is 12.0. The highest BCUT2D eigenvalue weighted by Crippen LogP contribution is 2.25.